The van der Waals surface area contributed by atoms with Crippen LogP contribution < -0.4 is 15.8 Å². The first-order chi connectivity index (χ1) is 8.96. The highest BCUT2D eigenvalue weighted by Gasteiger charge is 2.40. The second-order valence-corrected chi connectivity index (χ2v) is 4.68. The number of aromatic carboxylic acids is 1. The highest BCUT2D eigenvalue weighted by molar-refractivity contribution is 6.04. The van der Waals surface area contributed by atoms with Crippen LogP contribution in [0.4, 0.5) is 5.69 Å². The van der Waals surface area contributed by atoms with Crippen molar-refractivity contribution in [2.45, 2.75) is 24.8 Å². The van der Waals surface area contributed by atoms with E-state index >= 15 is 0 Å². The van der Waals surface area contributed by atoms with E-state index in [0.29, 0.717) is 18.6 Å². The van der Waals surface area contributed by atoms with E-state index in [-0.39, 0.29) is 17.2 Å². The Morgan fingerprint density at radius 2 is 2.11 bits per heavy atom. The normalized spacial score (nSPS) is 16.3. The van der Waals surface area contributed by atoms with Crippen LogP contribution >= 0.6 is 0 Å². The van der Waals surface area contributed by atoms with Crippen LogP contribution in [-0.2, 0) is 4.79 Å². The van der Waals surface area contributed by atoms with E-state index in [4.69, 9.17) is 15.6 Å². The fraction of sp³-hybridized carbons (Fsp3) is 0.385. The minimum absolute atomic E-state index is 0.0179. The molecule has 2 rings (SSSR count). The lowest BCUT2D eigenvalue weighted by atomic mass is 9.77. The molecule has 4 N–H and O–H groups in total. The molecule has 1 aromatic carbocycles. The monoisotopic (exact) mass is 264 g/mol. The molecule has 0 unspecified atom stereocenters. The molecule has 0 atom stereocenters. The number of benzene rings is 1. The number of rotatable bonds is 4. The Balaban J connectivity index is 2.24. The fourth-order valence-corrected chi connectivity index (χ4v) is 1.97. The molecule has 0 radical (unpaired) electrons. The first kappa shape index (κ1) is 13.4. The van der Waals surface area contributed by atoms with E-state index < -0.39 is 11.5 Å². The summed E-state index contributed by atoms with van der Waals surface area (Å²) < 4.78 is 4.96. The lowest BCUT2D eigenvalue weighted by Gasteiger charge is -2.36. The van der Waals surface area contributed by atoms with Crippen molar-refractivity contribution in [3.63, 3.8) is 0 Å². The number of carboxylic acid groups (broad SMARTS) is 1. The Labute approximate surface area is 110 Å². The summed E-state index contributed by atoms with van der Waals surface area (Å²) in [5, 5.41) is 11.7. The quantitative estimate of drug-likeness (QED) is 0.758. The largest absolute Gasteiger partial charge is 0.497 e. The maximum atomic E-state index is 12.0. The topological polar surface area (TPSA) is 102 Å². The van der Waals surface area contributed by atoms with E-state index in [9.17, 15) is 9.59 Å². The van der Waals surface area contributed by atoms with Crippen LogP contribution in [0.25, 0.3) is 0 Å². The third-order valence-electron chi connectivity index (χ3n) is 3.40. The van der Waals surface area contributed by atoms with E-state index in [2.05, 4.69) is 5.32 Å². The van der Waals surface area contributed by atoms with Gasteiger partial charge in [0.1, 0.15) is 5.75 Å². The lowest BCUT2D eigenvalue weighted by molar-refractivity contribution is -0.123. The summed E-state index contributed by atoms with van der Waals surface area (Å²) in [6.45, 7) is 0. The lowest BCUT2D eigenvalue weighted by Crippen LogP contribution is -2.56. The third kappa shape index (κ3) is 2.53. The summed E-state index contributed by atoms with van der Waals surface area (Å²) in [6.07, 6.45) is 2.16. The number of methoxy groups -OCH3 is 1. The number of amides is 1. The molecule has 0 bridgehead atoms. The minimum atomic E-state index is -1.13. The summed E-state index contributed by atoms with van der Waals surface area (Å²) in [5.74, 6) is -1.05. The van der Waals surface area contributed by atoms with Gasteiger partial charge in [-0.3, -0.25) is 4.79 Å². The number of ether oxygens (including phenoxy) is 1. The van der Waals surface area contributed by atoms with Crippen molar-refractivity contribution in [3.8, 4) is 5.75 Å². The molecule has 102 valence electrons. The molecule has 0 aliphatic heterocycles. The Kier molecular flexibility index (Phi) is 3.44. The van der Waals surface area contributed by atoms with Gasteiger partial charge in [-0.05, 0) is 37.5 Å². The first-order valence-corrected chi connectivity index (χ1v) is 5.98. The smallest absolute Gasteiger partial charge is 0.337 e. The second kappa shape index (κ2) is 4.89. The van der Waals surface area contributed by atoms with Gasteiger partial charge in [-0.25, -0.2) is 4.79 Å². The van der Waals surface area contributed by atoms with Gasteiger partial charge in [0.25, 0.3) is 0 Å². The van der Waals surface area contributed by atoms with Gasteiger partial charge < -0.3 is 20.9 Å². The summed E-state index contributed by atoms with van der Waals surface area (Å²) in [5.41, 5.74) is 5.24. The van der Waals surface area contributed by atoms with Gasteiger partial charge >= 0.3 is 5.97 Å². The van der Waals surface area contributed by atoms with Gasteiger partial charge in [0.05, 0.1) is 23.9 Å². The Hall–Kier alpha value is -2.08. The van der Waals surface area contributed by atoms with Gasteiger partial charge in [0.2, 0.25) is 5.91 Å². The molecule has 6 heteroatoms. The van der Waals surface area contributed by atoms with Gasteiger partial charge in [-0.15, -0.1) is 0 Å². The SMILES string of the molecule is COc1ccc(NC(=O)C2(N)CCC2)c(C(=O)O)c1. The maximum absolute atomic E-state index is 12.0. The molecule has 0 spiro atoms. The van der Waals surface area contributed by atoms with Crippen LogP contribution in [0, 0.1) is 0 Å². The summed E-state index contributed by atoms with van der Waals surface area (Å²) in [4.78, 5) is 23.2. The van der Waals surface area contributed by atoms with Crippen molar-refractivity contribution in [2.75, 3.05) is 12.4 Å². The number of carbonyl (C=O) groups excluding carboxylic acids is 1. The number of anilines is 1. The van der Waals surface area contributed by atoms with Crippen molar-refractivity contribution in [1.29, 1.82) is 0 Å². The minimum Gasteiger partial charge on any atom is -0.497 e. The standard InChI is InChI=1S/C13H16N2O4/c1-19-8-3-4-10(9(7-8)11(16)17)15-12(18)13(14)5-2-6-13/h3-4,7H,2,5-6,14H2,1H3,(H,15,18)(H,16,17). The van der Waals surface area contributed by atoms with Gasteiger partial charge in [-0.1, -0.05) is 0 Å². The van der Waals surface area contributed by atoms with Crippen LogP contribution in [0.2, 0.25) is 0 Å². The number of carbonyl (C=O) groups is 2. The van der Waals surface area contributed by atoms with E-state index in [1.807, 2.05) is 0 Å². The van der Waals surface area contributed by atoms with Crippen LogP contribution in [0.15, 0.2) is 18.2 Å². The Morgan fingerprint density at radius 3 is 2.58 bits per heavy atom. The molecule has 1 aliphatic carbocycles. The van der Waals surface area contributed by atoms with Crippen LogP contribution in [-0.4, -0.2) is 29.6 Å². The number of carboxylic acids is 1. The molecule has 1 amide bonds. The molecule has 0 aromatic heterocycles. The average Bonchev–Trinajstić information content (AvgIpc) is 2.35. The van der Waals surface area contributed by atoms with Gasteiger partial charge in [0, 0.05) is 0 Å². The summed E-state index contributed by atoms with van der Waals surface area (Å²) >= 11 is 0. The van der Waals surface area contributed by atoms with Gasteiger partial charge in [-0.2, -0.15) is 0 Å². The van der Waals surface area contributed by atoms with Crippen LogP contribution in [0.5, 0.6) is 5.75 Å². The summed E-state index contributed by atoms with van der Waals surface area (Å²) in [7, 11) is 1.45. The third-order valence-corrected chi connectivity index (χ3v) is 3.40. The number of nitrogens with two attached hydrogens (primary N) is 1. The zero-order valence-electron chi connectivity index (χ0n) is 10.6. The van der Waals surface area contributed by atoms with E-state index in [1.54, 1.807) is 6.07 Å². The molecule has 1 fully saturated rings. The Morgan fingerprint density at radius 1 is 1.42 bits per heavy atom. The zero-order chi connectivity index (χ0) is 14.0. The van der Waals surface area contributed by atoms with Crippen molar-refractivity contribution in [3.05, 3.63) is 23.8 Å². The molecule has 1 aromatic rings. The predicted molar refractivity (Wildman–Crippen MR) is 69.4 cm³/mol. The van der Waals surface area contributed by atoms with Crippen molar-refractivity contribution >= 4 is 17.6 Å². The van der Waals surface area contributed by atoms with Crippen molar-refractivity contribution < 1.29 is 19.4 Å². The molecular formula is C13H16N2O4. The predicted octanol–water partition coefficient (Wildman–Crippen LogP) is 1.21. The zero-order valence-corrected chi connectivity index (χ0v) is 10.6. The fourth-order valence-electron chi connectivity index (χ4n) is 1.97. The number of nitrogens with one attached hydrogen (secondary N) is 1. The highest BCUT2D eigenvalue weighted by Crippen LogP contribution is 2.31. The molecule has 0 heterocycles. The van der Waals surface area contributed by atoms with Gasteiger partial charge in [0.15, 0.2) is 0 Å². The maximum Gasteiger partial charge on any atom is 0.337 e. The number of hydrogen-bond acceptors (Lipinski definition) is 4. The molecule has 19 heavy (non-hydrogen) atoms. The molecule has 1 saturated carbocycles. The van der Waals surface area contributed by atoms with Crippen LogP contribution in [0.3, 0.4) is 0 Å². The summed E-state index contributed by atoms with van der Waals surface area (Å²) in [6, 6.07) is 4.45. The second-order valence-electron chi connectivity index (χ2n) is 4.68. The molecule has 1 aliphatic rings. The van der Waals surface area contributed by atoms with E-state index in [1.165, 1.54) is 19.2 Å². The van der Waals surface area contributed by atoms with E-state index in [0.717, 1.165) is 6.42 Å². The number of hydrogen-bond donors (Lipinski definition) is 3. The van der Waals surface area contributed by atoms with Crippen molar-refractivity contribution in [2.24, 2.45) is 5.73 Å². The van der Waals surface area contributed by atoms with Crippen LogP contribution in [0.1, 0.15) is 29.6 Å². The Bertz CT molecular complexity index is 523. The molecular weight excluding hydrogens is 248 g/mol. The molecule has 6 nitrogen and oxygen atoms in total. The first-order valence-electron chi connectivity index (χ1n) is 5.98. The average molecular weight is 264 g/mol. The van der Waals surface area contributed by atoms with Crippen molar-refractivity contribution in [1.82, 2.24) is 0 Å². The molecule has 0 saturated heterocycles. The highest BCUT2D eigenvalue weighted by atomic mass is 16.5.